The molecular formula is C10H7F2NO3S. The van der Waals surface area contributed by atoms with Crippen molar-refractivity contribution in [3.63, 3.8) is 0 Å². The molecular weight excluding hydrogens is 252 g/mol. The molecule has 17 heavy (non-hydrogen) atoms. The zero-order valence-corrected chi connectivity index (χ0v) is 9.50. The maximum atomic E-state index is 12.1. The molecule has 0 heterocycles. The van der Waals surface area contributed by atoms with E-state index in [0.717, 1.165) is 13.2 Å². The highest BCUT2D eigenvalue weighted by Crippen LogP contribution is 2.29. The Morgan fingerprint density at radius 2 is 2.18 bits per heavy atom. The molecule has 0 radical (unpaired) electrons. The van der Waals surface area contributed by atoms with Gasteiger partial charge in [-0.2, -0.15) is 14.0 Å². The number of halogens is 2. The van der Waals surface area contributed by atoms with Crippen LogP contribution in [0.25, 0.3) is 0 Å². The number of benzene rings is 1. The molecule has 4 nitrogen and oxygen atoms in total. The van der Waals surface area contributed by atoms with Crippen LogP contribution in [0.3, 0.4) is 0 Å². The first-order valence-electron chi connectivity index (χ1n) is 4.30. The third-order valence-corrected chi connectivity index (χ3v) is 2.24. The van der Waals surface area contributed by atoms with Crippen LogP contribution in [0.5, 0.6) is 5.75 Å². The van der Waals surface area contributed by atoms with E-state index in [1.165, 1.54) is 6.07 Å². The van der Waals surface area contributed by atoms with E-state index in [9.17, 15) is 13.6 Å². The maximum Gasteiger partial charge on any atom is 0.387 e. The van der Waals surface area contributed by atoms with Gasteiger partial charge in [-0.15, -0.1) is 12.6 Å². The van der Waals surface area contributed by atoms with E-state index < -0.39 is 18.3 Å². The standard InChI is InChI=1S/C10H7F2NO3S/c1-15-9(14)8-5(4-13)7(17)3-2-6(8)16-10(11)12/h2-3,10,17H,1H3. The van der Waals surface area contributed by atoms with Gasteiger partial charge in [-0.1, -0.05) is 0 Å². The lowest BCUT2D eigenvalue weighted by molar-refractivity contribution is -0.0504. The van der Waals surface area contributed by atoms with Crippen LogP contribution < -0.4 is 4.74 Å². The second-order valence-corrected chi connectivity index (χ2v) is 3.30. The molecule has 0 spiro atoms. The summed E-state index contributed by atoms with van der Waals surface area (Å²) in [7, 11) is 1.07. The Balaban J connectivity index is 3.41. The topological polar surface area (TPSA) is 59.3 Å². The summed E-state index contributed by atoms with van der Waals surface area (Å²) in [6, 6.07) is 4.10. The number of hydrogen-bond donors (Lipinski definition) is 1. The number of rotatable bonds is 3. The predicted molar refractivity (Wildman–Crippen MR) is 56.4 cm³/mol. The first-order chi connectivity index (χ1) is 8.01. The Morgan fingerprint density at radius 1 is 1.53 bits per heavy atom. The summed E-state index contributed by atoms with van der Waals surface area (Å²) in [5, 5.41) is 8.85. The van der Waals surface area contributed by atoms with Gasteiger partial charge in [0.25, 0.3) is 0 Å². The molecule has 90 valence electrons. The van der Waals surface area contributed by atoms with Crippen LogP contribution in [0, 0.1) is 11.3 Å². The van der Waals surface area contributed by atoms with E-state index in [4.69, 9.17) is 5.26 Å². The van der Waals surface area contributed by atoms with Gasteiger partial charge in [0.15, 0.2) is 0 Å². The Morgan fingerprint density at radius 3 is 2.65 bits per heavy atom. The number of carbonyl (C=O) groups is 1. The summed E-state index contributed by atoms with van der Waals surface area (Å²) < 4.78 is 32.8. The lowest BCUT2D eigenvalue weighted by Crippen LogP contribution is -2.11. The number of esters is 1. The average Bonchev–Trinajstić information content (AvgIpc) is 2.29. The van der Waals surface area contributed by atoms with Gasteiger partial charge in [0.1, 0.15) is 17.4 Å². The molecule has 0 aromatic heterocycles. The fourth-order valence-electron chi connectivity index (χ4n) is 1.18. The molecule has 7 heteroatoms. The van der Waals surface area contributed by atoms with Crippen LogP contribution in [-0.2, 0) is 4.74 Å². The van der Waals surface area contributed by atoms with E-state index in [1.807, 2.05) is 0 Å². The van der Waals surface area contributed by atoms with Gasteiger partial charge in [0.05, 0.1) is 12.7 Å². The molecule has 0 saturated carbocycles. The summed E-state index contributed by atoms with van der Waals surface area (Å²) in [4.78, 5) is 11.6. The van der Waals surface area contributed by atoms with Crippen LogP contribution in [0.1, 0.15) is 15.9 Å². The van der Waals surface area contributed by atoms with Crippen LogP contribution in [0.2, 0.25) is 0 Å². The van der Waals surface area contributed by atoms with Crippen molar-refractivity contribution < 1.29 is 23.0 Å². The quantitative estimate of drug-likeness (QED) is 0.668. The number of nitrogens with zero attached hydrogens (tertiary/aromatic N) is 1. The minimum absolute atomic E-state index is 0.168. The number of thiol groups is 1. The van der Waals surface area contributed by atoms with Gasteiger partial charge >= 0.3 is 12.6 Å². The summed E-state index contributed by atoms with van der Waals surface area (Å²) in [6.07, 6.45) is 0. The molecule has 1 rings (SSSR count). The minimum atomic E-state index is -3.10. The fourth-order valence-corrected chi connectivity index (χ4v) is 1.42. The molecule has 0 unspecified atom stereocenters. The Hall–Kier alpha value is -1.81. The third-order valence-electron chi connectivity index (χ3n) is 1.86. The number of nitriles is 1. The van der Waals surface area contributed by atoms with Crippen molar-refractivity contribution in [3.8, 4) is 11.8 Å². The third kappa shape index (κ3) is 2.85. The van der Waals surface area contributed by atoms with Gasteiger partial charge in [-0.05, 0) is 12.1 Å². The number of hydrogen-bond acceptors (Lipinski definition) is 5. The largest absolute Gasteiger partial charge is 0.465 e. The smallest absolute Gasteiger partial charge is 0.387 e. The van der Waals surface area contributed by atoms with Gasteiger partial charge in [-0.3, -0.25) is 0 Å². The highest BCUT2D eigenvalue weighted by Gasteiger charge is 2.22. The molecule has 0 fully saturated rings. The summed E-state index contributed by atoms with van der Waals surface area (Å²) in [5.74, 6) is -1.35. The average molecular weight is 259 g/mol. The highest BCUT2D eigenvalue weighted by molar-refractivity contribution is 7.80. The SMILES string of the molecule is COC(=O)c1c(OC(F)F)ccc(S)c1C#N. The first kappa shape index (κ1) is 13.3. The lowest BCUT2D eigenvalue weighted by atomic mass is 10.1. The van der Waals surface area contributed by atoms with Crippen LogP contribution in [0.15, 0.2) is 17.0 Å². The zero-order valence-electron chi connectivity index (χ0n) is 8.61. The van der Waals surface area contributed by atoms with E-state index in [1.54, 1.807) is 6.07 Å². The van der Waals surface area contributed by atoms with Crippen molar-refractivity contribution in [2.24, 2.45) is 0 Å². The summed E-state index contributed by atoms with van der Waals surface area (Å²) in [5.41, 5.74) is -0.527. The fraction of sp³-hybridized carbons (Fsp3) is 0.200. The minimum Gasteiger partial charge on any atom is -0.465 e. The molecule has 0 bridgehead atoms. The Bertz CT molecular complexity index is 485. The van der Waals surface area contributed by atoms with Crippen LogP contribution >= 0.6 is 12.6 Å². The predicted octanol–water partition coefficient (Wildman–Crippen LogP) is 2.23. The molecule has 1 aromatic carbocycles. The number of methoxy groups -OCH3 is 1. The number of alkyl halides is 2. The molecule has 0 amide bonds. The van der Waals surface area contributed by atoms with Gasteiger partial charge < -0.3 is 9.47 Å². The second kappa shape index (κ2) is 5.50. The maximum absolute atomic E-state index is 12.1. The van der Waals surface area contributed by atoms with Crippen LogP contribution in [-0.4, -0.2) is 19.7 Å². The summed E-state index contributed by atoms with van der Waals surface area (Å²) in [6.45, 7) is -3.10. The Labute approximate surface area is 101 Å². The molecule has 0 aliphatic rings. The first-order valence-corrected chi connectivity index (χ1v) is 4.75. The van der Waals surface area contributed by atoms with Crippen molar-refractivity contribution in [1.29, 1.82) is 5.26 Å². The van der Waals surface area contributed by atoms with Crippen molar-refractivity contribution in [2.75, 3.05) is 7.11 Å². The van der Waals surface area contributed by atoms with Gasteiger partial charge in [-0.25, -0.2) is 4.79 Å². The van der Waals surface area contributed by atoms with Crippen molar-refractivity contribution >= 4 is 18.6 Å². The lowest BCUT2D eigenvalue weighted by Gasteiger charge is -2.11. The molecule has 1 aromatic rings. The van der Waals surface area contributed by atoms with E-state index in [0.29, 0.717) is 0 Å². The normalized spacial score (nSPS) is 9.88. The van der Waals surface area contributed by atoms with Crippen molar-refractivity contribution in [3.05, 3.63) is 23.3 Å². The summed E-state index contributed by atoms with van der Waals surface area (Å²) >= 11 is 3.95. The number of carbonyl (C=O) groups excluding carboxylic acids is 1. The van der Waals surface area contributed by atoms with Gasteiger partial charge in [0.2, 0.25) is 0 Å². The highest BCUT2D eigenvalue weighted by atomic mass is 32.1. The monoisotopic (exact) mass is 259 g/mol. The second-order valence-electron chi connectivity index (χ2n) is 2.81. The van der Waals surface area contributed by atoms with E-state index in [-0.39, 0.29) is 16.0 Å². The van der Waals surface area contributed by atoms with E-state index >= 15 is 0 Å². The van der Waals surface area contributed by atoms with E-state index in [2.05, 4.69) is 22.1 Å². The molecule has 0 saturated heterocycles. The van der Waals surface area contributed by atoms with Crippen LogP contribution in [0.4, 0.5) is 8.78 Å². The molecule has 0 aliphatic carbocycles. The number of ether oxygens (including phenoxy) is 2. The molecule has 0 atom stereocenters. The van der Waals surface area contributed by atoms with Gasteiger partial charge in [0, 0.05) is 4.90 Å². The van der Waals surface area contributed by atoms with Crippen molar-refractivity contribution in [2.45, 2.75) is 11.5 Å². The molecule has 0 aliphatic heterocycles. The Kier molecular flexibility index (Phi) is 4.29. The zero-order chi connectivity index (χ0) is 13.0. The molecule has 0 N–H and O–H groups in total. The van der Waals surface area contributed by atoms with Crippen molar-refractivity contribution in [1.82, 2.24) is 0 Å².